The lowest BCUT2D eigenvalue weighted by Gasteiger charge is -2.25. The lowest BCUT2D eigenvalue weighted by molar-refractivity contribution is 0.359. The van der Waals surface area contributed by atoms with Gasteiger partial charge in [-0.05, 0) is 37.1 Å². The Balaban J connectivity index is 2.23. The van der Waals surface area contributed by atoms with Crippen LogP contribution in [0.4, 0.5) is 0 Å². The zero-order valence-electron chi connectivity index (χ0n) is 12.0. The van der Waals surface area contributed by atoms with Gasteiger partial charge in [0.15, 0.2) is 0 Å². The van der Waals surface area contributed by atoms with Crippen molar-refractivity contribution in [3.63, 3.8) is 0 Å². The van der Waals surface area contributed by atoms with E-state index in [2.05, 4.69) is 55.5 Å². The fourth-order valence-corrected chi connectivity index (χ4v) is 2.42. The highest BCUT2D eigenvalue weighted by Gasteiger charge is 2.19. The highest BCUT2D eigenvalue weighted by atomic mass is 15.3. The lowest BCUT2D eigenvalue weighted by atomic mass is 9.98. The van der Waals surface area contributed by atoms with E-state index in [1.54, 1.807) is 0 Å². The van der Waals surface area contributed by atoms with E-state index in [0.29, 0.717) is 6.04 Å². The van der Waals surface area contributed by atoms with Crippen LogP contribution in [-0.4, -0.2) is 16.3 Å². The first-order valence-electron chi connectivity index (χ1n) is 7.07. The highest BCUT2D eigenvalue weighted by Crippen LogP contribution is 2.25. The molecule has 0 saturated carbocycles. The summed E-state index contributed by atoms with van der Waals surface area (Å²) in [7, 11) is 0. The summed E-state index contributed by atoms with van der Waals surface area (Å²) < 4.78 is 2.01. The molecular formula is C16H23N3. The molecule has 2 aromatic rings. The molecule has 0 fully saturated rings. The van der Waals surface area contributed by atoms with Crippen LogP contribution in [0.2, 0.25) is 0 Å². The van der Waals surface area contributed by atoms with Crippen molar-refractivity contribution < 1.29 is 0 Å². The molecule has 0 spiro atoms. The van der Waals surface area contributed by atoms with Crippen molar-refractivity contribution in [3.8, 4) is 0 Å². The second-order valence-electron chi connectivity index (χ2n) is 4.86. The zero-order chi connectivity index (χ0) is 13.7. The van der Waals surface area contributed by atoms with Crippen LogP contribution in [-0.2, 0) is 6.42 Å². The molecule has 0 aliphatic carbocycles. The summed E-state index contributed by atoms with van der Waals surface area (Å²) in [5.74, 6) is 0. The van der Waals surface area contributed by atoms with Gasteiger partial charge in [-0.25, -0.2) is 0 Å². The number of hydrogen-bond donors (Lipinski definition) is 1. The second kappa shape index (κ2) is 6.53. The SMILES string of the molecule is CCNC(c1ccc(CC)cc1)C(C)n1cccn1. The molecule has 2 atom stereocenters. The maximum atomic E-state index is 4.36. The molecule has 2 unspecified atom stereocenters. The number of nitrogens with zero attached hydrogens (tertiary/aromatic N) is 2. The van der Waals surface area contributed by atoms with Gasteiger partial charge in [0.2, 0.25) is 0 Å². The van der Waals surface area contributed by atoms with Crippen LogP contribution in [0.1, 0.15) is 44.0 Å². The van der Waals surface area contributed by atoms with Gasteiger partial charge in [-0.2, -0.15) is 5.10 Å². The third kappa shape index (κ3) is 3.24. The van der Waals surface area contributed by atoms with Crippen molar-refractivity contribution in [2.45, 2.75) is 39.3 Å². The highest BCUT2D eigenvalue weighted by molar-refractivity contribution is 5.25. The molecule has 0 bridgehead atoms. The predicted octanol–water partition coefficient (Wildman–Crippen LogP) is 3.36. The number of benzene rings is 1. The van der Waals surface area contributed by atoms with Gasteiger partial charge < -0.3 is 5.32 Å². The van der Waals surface area contributed by atoms with Crippen LogP contribution in [0.25, 0.3) is 0 Å². The standard InChI is InChI=1S/C16H23N3/c1-4-14-7-9-15(10-8-14)16(17-5-2)13(3)19-12-6-11-18-19/h6-13,16-17H,4-5H2,1-3H3. The summed E-state index contributed by atoms with van der Waals surface area (Å²) >= 11 is 0. The molecule has 0 amide bonds. The Kier molecular flexibility index (Phi) is 4.74. The predicted molar refractivity (Wildman–Crippen MR) is 79.2 cm³/mol. The maximum Gasteiger partial charge on any atom is 0.0685 e. The number of rotatable bonds is 6. The number of aromatic nitrogens is 2. The molecule has 1 aromatic carbocycles. The monoisotopic (exact) mass is 257 g/mol. The Morgan fingerprint density at radius 2 is 1.95 bits per heavy atom. The van der Waals surface area contributed by atoms with Gasteiger partial charge in [-0.1, -0.05) is 38.1 Å². The summed E-state index contributed by atoms with van der Waals surface area (Å²) in [6.45, 7) is 7.48. The zero-order valence-corrected chi connectivity index (χ0v) is 12.0. The number of aryl methyl sites for hydroxylation is 1. The molecule has 3 heteroatoms. The van der Waals surface area contributed by atoms with Crippen molar-refractivity contribution in [1.29, 1.82) is 0 Å². The third-order valence-corrected chi connectivity index (χ3v) is 3.60. The normalized spacial score (nSPS) is 14.3. The molecule has 1 aromatic heterocycles. The summed E-state index contributed by atoms with van der Waals surface area (Å²) in [6.07, 6.45) is 4.94. The first-order valence-corrected chi connectivity index (χ1v) is 7.07. The summed E-state index contributed by atoms with van der Waals surface area (Å²) in [4.78, 5) is 0. The van der Waals surface area contributed by atoms with Gasteiger partial charge in [-0.15, -0.1) is 0 Å². The topological polar surface area (TPSA) is 29.9 Å². The van der Waals surface area contributed by atoms with Crippen LogP contribution in [0.5, 0.6) is 0 Å². The van der Waals surface area contributed by atoms with Crippen LogP contribution in [0.3, 0.4) is 0 Å². The molecule has 0 radical (unpaired) electrons. The van der Waals surface area contributed by atoms with Crippen LogP contribution < -0.4 is 5.32 Å². The lowest BCUT2D eigenvalue weighted by Crippen LogP contribution is -2.29. The Morgan fingerprint density at radius 1 is 1.21 bits per heavy atom. The largest absolute Gasteiger partial charge is 0.308 e. The van der Waals surface area contributed by atoms with Gasteiger partial charge in [0.25, 0.3) is 0 Å². The quantitative estimate of drug-likeness (QED) is 0.860. The van der Waals surface area contributed by atoms with Crippen LogP contribution >= 0.6 is 0 Å². The average Bonchev–Trinajstić information content (AvgIpc) is 2.98. The van der Waals surface area contributed by atoms with E-state index in [1.165, 1.54) is 11.1 Å². The first kappa shape index (κ1) is 13.8. The van der Waals surface area contributed by atoms with E-state index < -0.39 is 0 Å². The van der Waals surface area contributed by atoms with E-state index in [0.717, 1.165) is 13.0 Å². The van der Waals surface area contributed by atoms with Crippen molar-refractivity contribution in [2.24, 2.45) is 0 Å². The van der Waals surface area contributed by atoms with Gasteiger partial charge in [0.1, 0.15) is 0 Å². The smallest absolute Gasteiger partial charge is 0.0685 e. The summed E-state index contributed by atoms with van der Waals surface area (Å²) in [5.41, 5.74) is 2.70. The molecule has 19 heavy (non-hydrogen) atoms. The van der Waals surface area contributed by atoms with E-state index in [-0.39, 0.29) is 6.04 Å². The average molecular weight is 257 g/mol. The van der Waals surface area contributed by atoms with E-state index in [4.69, 9.17) is 0 Å². The fraction of sp³-hybridized carbons (Fsp3) is 0.438. The van der Waals surface area contributed by atoms with Gasteiger partial charge >= 0.3 is 0 Å². The van der Waals surface area contributed by atoms with Crippen molar-refractivity contribution in [1.82, 2.24) is 15.1 Å². The molecule has 0 aliphatic heterocycles. The van der Waals surface area contributed by atoms with Gasteiger partial charge in [0.05, 0.1) is 12.1 Å². The van der Waals surface area contributed by atoms with E-state index in [9.17, 15) is 0 Å². The number of hydrogen-bond acceptors (Lipinski definition) is 2. The number of nitrogens with one attached hydrogen (secondary N) is 1. The first-order chi connectivity index (χ1) is 9.26. The fourth-order valence-electron chi connectivity index (χ4n) is 2.42. The molecule has 102 valence electrons. The Hall–Kier alpha value is -1.61. The summed E-state index contributed by atoms with van der Waals surface area (Å²) in [5, 5.41) is 7.92. The van der Waals surface area contributed by atoms with Crippen molar-refractivity contribution >= 4 is 0 Å². The molecule has 0 aliphatic rings. The van der Waals surface area contributed by atoms with Crippen molar-refractivity contribution in [2.75, 3.05) is 6.54 Å². The Bertz CT molecular complexity index is 473. The molecule has 2 rings (SSSR count). The minimum atomic E-state index is 0.288. The van der Waals surface area contributed by atoms with Crippen molar-refractivity contribution in [3.05, 3.63) is 53.9 Å². The van der Waals surface area contributed by atoms with Gasteiger partial charge in [-0.3, -0.25) is 4.68 Å². The second-order valence-corrected chi connectivity index (χ2v) is 4.86. The van der Waals surface area contributed by atoms with E-state index in [1.807, 2.05) is 23.1 Å². The van der Waals surface area contributed by atoms with Gasteiger partial charge in [0, 0.05) is 12.4 Å². The molecule has 3 nitrogen and oxygen atoms in total. The van der Waals surface area contributed by atoms with E-state index >= 15 is 0 Å². The minimum Gasteiger partial charge on any atom is -0.308 e. The molecule has 1 N–H and O–H groups in total. The Labute approximate surface area is 115 Å². The minimum absolute atomic E-state index is 0.288. The van der Waals surface area contributed by atoms with Crippen LogP contribution in [0.15, 0.2) is 42.7 Å². The summed E-state index contributed by atoms with van der Waals surface area (Å²) in [6, 6.07) is 11.4. The molecule has 1 heterocycles. The Morgan fingerprint density at radius 3 is 2.47 bits per heavy atom. The molecule has 0 saturated heterocycles. The van der Waals surface area contributed by atoms with Crippen LogP contribution in [0, 0.1) is 0 Å². The molecular weight excluding hydrogens is 234 g/mol. The third-order valence-electron chi connectivity index (χ3n) is 3.60. The maximum absolute atomic E-state index is 4.36. The number of likely N-dealkylation sites (N-methyl/N-ethyl adjacent to an activating group) is 1.